The highest BCUT2D eigenvalue weighted by Crippen LogP contribution is 2.65. The van der Waals surface area contributed by atoms with Crippen molar-refractivity contribution >= 4 is 24.0 Å². The third kappa shape index (κ3) is 3.65. The van der Waals surface area contributed by atoms with Crippen LogP contribution < -0.4 is 5.32 Å². The van der Waals surface area contributed by atoms with Crippen molar-refractivity contribution in [1.82, 2.24) is 5.32 Å². The summed E-state index contributed by atoms with van der Waals surface area (Å²) in [6.07, 6.45) is 4.66. The summed E-state index contributed by atoms with van der Waals surface area (Å²) in [5.41, 5.74) is 2.84. The summed E-state index contributed by atoms with van der Waals surface area (Å²) in [6, 6.07) is 17.9. The second kappa shape index (κ2) is 8.24. The van der Waals surface area contributed by atoms with E-state index >= 15 is 0 Å². The number of carbonyl (C=O) groups is 1. The summed E-state index contributed by atoms with van der Waals surface area (Å²) >= 11 is 0. The zero-order valence-electron chi connectivity index (χ0n) is 21.0. The van der Waals surface area contributed by atoms with E-state index in [9.17, 15) is 4.79 Å². The van der Waals surface area contributed by atoms with E-state index in [2.05, 4.69) is 32.2 Å². The fourth-order valence-electron chi connectivity index (χ4n) is 6.91. The molecule has 3 aliphatic carbocycles. The van der Waals surface area contributed by atoms with Crippen LogP contribution in [-0.4, -0.2) is 30.7 Å². The molecule has 182 valence electrons. The van der Waals surface area contributed by atoms with Crippen molar-refractivity contribution < 1.29 is 18.5 Å². The quantitative estimate of drug-likeness (QED) is 0.481. The molecule has 1 aromatic heterocycles. The third-order valence-electron chi connectivity index (χ3n) is 9.32. The van der Waals surface area contributed by atoms with E-state index in [0.29, 0.717) is 18.3 Å². The molecule has 5 nitrogen and oxygen atoms in total. The Hall–Kier alpha value is -2.57. The molecule has 0 radical (unpaired) electrons. The van der Waals surface area contributed by atoms with Gasteiger partial charge in [-0.2, -0.15) is 0 Å². The highest BCUT2D eigenvalue weighted by atomic mass is 16.7. The molecule has 6 heteroatoms. The lowest BCUT2D eigenvalue weighted by Crippen LogP contribution is -2.65. The first-order valence-corrected chi connectivity index (χ1v) is 12.9. The number of hydrogen-bond donors (Lipinski definition) is 1. The maximum absolute atomic E-state index is 13.4. The van der Waals surface area contributed by atoms with Gasteiger partial charge >= 0.3 is 7.12 Å². The largest absolute Gasteiger partial charge is 0.482 e. The molecule has 7 rings (SSSR count). The van der Waals surface area contributed by atoms with Gasteiger partial charge in [0.2, 0.25) is 5.91 Å². The number of rotatable bonds is 6. The minimum atomic E-state index is -0.499. The van der Waals surface area contributed by atoms with Gasteiger partial charge in [0.15, 0.2) is 0 Å². The highest BCUT2D eigenvalue weighted by Gasteiger charge is 2.68. The predicted octanol–water partition coefficient (Wildman–Crippen LogP) is 5.53. The second-order valence-corrected chi connectivity index (χ2v) is 11.5. The molecule has 0 spiro atoms. The molecule has 4 aliphatic rings. The summed E-state index contributed by atoms with van der Waals surface area (Å²) in [5, 5.41) is 4.37. The molecule has 2 heterocycles. The first kappa shape index (κ1) is 22.9. The molecule has 35 heavy (non-hydrogen) atoms. The molecule has 1 amide bonds. The van der Waals surface area contributed by atoms with Crippen molar-refractivity contribution in [3.05, 3.63) is 72.0 Å². The normalized spacial score (nSPS) is 30.4. The van der Waals surface area contributed by atoms with Gasteiger partial charge in [-0.05, 0) is 67.6 Å². The van der Waals surface area contributed by atoms with Gasteiger partial charge in [-0.1, -0.05) is 62.4 Å². The molecular formula is C29H34BNO4. The van der Waals surface area contributed by atoms with Crippen molar-refractivity contribution in [1.29, 1.82) is 0 Å². The van der Waals surface area contributed by atoms with Crippen LogP contribution in [0.4, 0.5) is 0 Å². The second-order valence-electron chi connectivity index (χ2n) is 11.5. The van der Waals surface area contributed by atoms with Crippen molar-refractivity contribution in [3.8, 4) is 0 Å². The van der Waals surface area contributed by atoms with Crippen LogP contribution in [0.3, 0.4) is 0 Å². The standard InChI is InChI=1S/C29H34BNO4/c1-18(19-10-6-5-7-11-19)27(32)31-26(14-20-17-33-23-13-9-8-12-22(20)23)30-34-25-16-21-15-24(28(21,2)3)29(25,4)35-30/h5-13,17-18,21,24-26H,14-16H2,1-4H3,(H,31,32)/t18-,21-,24-,25+,26-,29-/m0/s1. The zero-order valence-corrected chi connectivity index (χ0v) is 21.0. The Labute approximate surface area is 207 Å². The molecule has 0 unspecified atom stereocenters. The van der Waals surface area contributed by atoms with Crippen LogP contribution in [0.1, 0.15) is 57.6 Å². The summed E-state index contributed by atoms with van der Waals surface area (Å²) < 4.78 is 19.2. The minimum Gasteiger partial charge on any atom is -0.464 e. The third-order valence-corrected chi connectivity index (χ3v) is 9.32. The Bertz CT molecular complexity index is 1240. The topological polar surface area (TPSA) is 60.7 Å². The van der Waals surface area contributed by atoms with Crippen LogP contribution in [0, 0.1) is 17.3 Å². The number of benzene rings is 2. The van der Waals surface area contributed by atoms with Gasteiger partial charge in [0.05, 0.1) is 29.8 Å². The Kier molecular flexibility index (Phi) is 5.39. The van der Waals surface area contributed by atoms with E-state index in [0.717, 1.165) is 28.5 Å². The zero-order chi connectivity index (χ0) is 24.4. The van der Waals surface area contributed by atoms with E-state index in [-0.39, 0.29) is 34.9 Å². The Morgan fingerprint density at radius 2 is 1.83 bits per heavy atom. The summed E-state index contributed by atoms with van der Waals surface area (Å²) in [6.45, 7) is 8.90. The molecule has 1 N–H and O–H groups in total. The maximum Gasteiger partial charge on any atom is 0.482 e. The van der Waals surface area contributed by atoms with Gasteiger partial charge in [0.25, 0.3) is 0 Å². The number of nitrogens with one attached hydrogen (secondary N) is 1. The van der Waals surface area contributed by atoms with Crippen molar-refractivity contribution in [2.24, 2.45) is 17.3 Å². The van der Waals surface area contributed by atoms with Crippen molar-refractivity contribution in [2.45, 2.75) is 70.5 Å². The lowest BCUT2D eigenvalue weighted by molar-refractivity contribution is -0.199. The van der Waals surface area contributed by atoms with E-state index in [1.807, 2.05) is 55.5 Å². The van der Waals surface area contributed by atoms with Gasteiger partial charge in [-0.15, -0.1) is 0 Å². The summed E-state index contributed by atoms with van der Waals surface area (Å²) in [5.74, 6) is 0.532. The van der Waals surface area contributed by atoms with Crippen LogP contribution in [0.2, 0.25) is 0 Å². The van der Waals surface area contributed by atoms with Gasteiger partial charge in [-0.3, -0.25) is 4.79 Å². The summed E-state index contributed by atoms with van der Waals surface area (Å²) in [7, 11) is -0.499. The van der Waals surface area contributed by atoms with E-state index in [1.54, 1.807) is 6.26 Å². The van der Waals surface area contributed by atoms with Crippen LogP contribution in [0.5, 0.6) is 0 Å². The fraction of sp³-hybridized carbons (Fsp3) is 0.483. The molecule has 1 saturated heterocycles. The van der Waals surface area contributed by atoms with Gasteiger partial charge in [0.1, 0.15) is 5.58 Å². The first-order valence-electron chi connectivity index (χ1n) is 12.9. The number of fused-ring (bicyclic) bond motifs is 1. The van der Waals surface area contributed by atoms with Crippen LogP contribution >= 0.6 is 0 Å². The Morgan fingerprint density at radius 1 is 1.09 bits per heavy atom. The Balaban J connectivity index is 1.28. The average molecular weight is 471 g/mol. The SMILES string of the molecule is C[C@H](C(=O)N[C@@H](Cc1coc2ccccc12)B1O[C@@H]2C[C@@H]3C[C@@H](C3(C)C)[C@]2(C)O1)c1ccccc1. The number of carbonyl (C=O) groups excluding carboxylic acids is 1. The molecule has 3 aromatic rings. The van der Waals surface area contributed by atoms with Gasteiger partial charge in [-0.25, -0.2) is 0 Å². The lowest BCUT2D eigenvalue weighted by Gasteiger charge is -2.64. The number of hydrogen-bond acceptors (Lipinski definition) is 4. The average Bonchev–Trinajstić information content (AvgIpc) is 3.43. The van der Waals surface area contributed by atoms with Crippen LogP contribution in [0.15, 0.2) is 65.3 Å². The minimum absolute atomic E-state index is 0.0224. The number of amides is 1. The molecule has 6 atom stereocenters. The molecule has 4 fully saturated rings. The van der Waals surface area contributed by atoms with Gasteiger partial charge < -0.3 is 19.0 Å². The van der Waals surface area contributed by atoms with Crippen molar-refractivity contribution in [3.63, 3.8) is 0 Å². The van der Waals surface area contributed by atoms with E-state index < -0.39 is 7.12 Å². The fourth-order valence-corrected chi connectivity index (χ4v) is 6.91. The summed E-state index contributed by atoms with van der Waals surface area (Å²) in [4.78, 5) is 13.4. The van der Waals surface area contributed by atoms with E-state index in [4.69, 9.17) is 13.7 Å². The van der Waals surface area contributed by atoms with Crippen LogP contribution in [0.25, 0.3) is 11.0 Å². The molecule has 1 aliphatic heterocycles. The Morgan fingerprint density at radius 3 is 2.60 bits per heavy atom. The van der Waals surface area contributed by atoms with Crippen LogP contribution in [-0.2, 0) is 20.5 Å². The number of para-hydroxylation sites is 1. The van der Waals surface area contributed by atoms with Crippen molar-refractivity contribution in [2.75, 3.05) is 0 Å². The van der Waals surface area contributed by atoms with E-state index in [1.165, 1.54) is 6.42 Å². The molecule has 2 aromatic carbocycles. The molecule has 3 saturated carbocycles. The smallest absolute Gasteiger partial charge is 0.464 e. The maximum atomic E-state index is 13.4. The molecular weight excluding hydrogens is 437 g/mol. The highest BCUT2D eigenvalue weighted by molar-refractivity contribution is 6.48. The lowest BCUT2D eigenvalue weighted by atomic mass is 9.43. The number of furan rings is 1. The monoisotopic (exact) mass is 471 g/mol. The molecule has 2 bridgehead atoms. The van der Waals surface area contributed by atoms with Gasteiger partial charge in [0, 0.05) is 5.39 Å². The first-order chi connectivity index (χ1) is 16.8. The predicted molar refractivity (Wildman–Crippen MR) is 137 cm³/mol.